The van der Waals surface area contributed by atoms with Crippen LogP contribution in [0.3, 0.4) is 0 Å². The summed E-state index contributed by atoms with van der Waals surface area (Å²) in [5, 5.41) is 0. The number of benzene rings is 1. The van der Waals surface area contributed by atoms with Crippen LogP contribution in [0.25, 0.3) is 0 Å². The van der Waals surface area contributed by atoms with Gasteiger partial charge in [0.1, 0.15) is 11.6 Å². The molecule has 0 bridgehead atoms. The Hall–Kier alpha value is -0.740. The molecule has 0 aliphatic carbocycles. The Morgan fingerprint density at radius 3 is 2.86 bits per heavy atom. The van der Waals surface area contributed by atoms with Crippen molar-refractivity contribution in [2.75, 3.05) is 0 Å². The van der Waals surface area contributed by atoms with E-state index in [0.717, 1.165) is 4.47 Å². The van der Waals surface area contributed by atoms with Crippen molar-refractivity contribution in [1.82, 2.24) is 0 Å². The largest absolute Gasteiger partial charge is 0.323 e. The molecule has 1 aromatic rings. The van der Waals surface area contributed by atoms with E-state index in [4.69, 9.17) is 5.73 Å². The van der Waals surface area contributed by atoms with Crippen LogP contribution >= 0.6 is 15.9 Å². The van der Waals surface area contributed by atoms with Gasteiger partial charge in [-0.1, -0.05) is 15.9 Å². The van der Waals surface area contributed by atoms with Crippen molar-refractivity contribution in [3.8, 4) is 0 Å². The summed E-state index contributed by atoms with van der Waals surface area (Å²) < 4.78 is 14.0. The molecule has 0 radical (unpaired) electrons. The Bertz CT molecular complexity index is 354. The second-order valence-corrected chi connectivity index (χ2v) is 4.09. The SMILES string of the molecule is CC(=O)CC(N)c1cc(Br)ccc1F. The average molecular weight is 260 g/mol. The van der Waals surface area contributed by atoms with Crippen molar-refractivity contribution < 1.29 is 9.18 Å². The van der Waals surface area contributed by atoms with Crippen molar-refractivity contribution in [3.05, 3.63) is 34.1 Å². The predicted octanol–water partition coefficient (Wildman–Crippen LogP) is 2.57. The van der Waals surface area contributed by atoms with Gasteiger partial charge in [-0.05, 0) is 25.1 Å². The topological polar surface area (TPSA) is 43.1 Å². The first-order chi connectivity index (χ1) is 6.50. The van der Waals surface area contributed by atoms with E-state index in [-0.39, 0.29) is 18.0 Å². The van der Waals surface area contributed by atoms with Crippen molar-refractivity contribution in [1.29, 1.82) is 0 Å². The molecular weight excluding hydrogens is 249 g/mol. The highest BCUT2D eigenvalue weighted by Gasteiger charge is 2.13. The number of hydrogen-bond acceptors (Lipinski definition) is 2. The summed E-state index contributed by atoms with van der Waals surface area (Å²) in [6.07, 6.45) is 0.160. The molecule has 0 aliphatic heterocycles. The molecule has 0 heterocycles. The van der Waals surface area contributed by atoms with Crippen LogP contribution in [-0.4, -0.2) is 5.78 Å². The Morgan fingerprint density at radius 2 is 2.29 bits per heavy atom. The fraction of sp³-hybridized carbons (Fsp3) is 0.300. The summed E-state index contributed by atoms with van der Waals surface area (Å²) in [5.74, 6) is -0.418. The van der Waals surface area contributed by atoms with E-state index >= 15 is 0 Å². The average Bonchev–Trinajstić information content (AvgIpc) is 2.08. The number of rotatable bonds is 3. The van der Waals surface area contributed by atoms with Crippen LogP contribution in [-0.2, 0) is 4.79 Å². The maximum atomic E-state index is 13.3. The molecule has 0 aliphatic rings. The Kier molecular flexibility index (Phi) is 3.77. The third kappa shape index (κ3) is 2.89. The van der Waals surface area contributed by atoms with Gasteiger partial charge in [0.05, 0.1) is 0 Å². The Morgan fingerprint density at radius 1 is 1.64 bits per heavy atom. The quantitative estimate of drug-likeness (QED) is 0.907. The minimum atomic E-state index is -0.565. The van der Waals surface area contributed by atoms with Crippen LogP contribution in [0.4, 0.5) is 4.39 Å². The lowest BCUT2D eigenvalue weighted by Crippen LogP contribution is -2.15. The Balaban J connectivity index is 2.93. The van der Waals surface area contributed by atoms with E-state index in [1.54, 1.807) is 12.1 Å². The highest BCUT2D eigenvalue weighted by atomic mass is 79.9. The van der Waals surface area contributed by atoms with Crippen molar-refractivity contribution in [2.45, 2.75) is 19.4 Å². The van der Waals surface area contributed by atoms with Gasteiger partial charge >= 0.3 is 0 Å². The fourth-order valence-corrected chi connectivity index (χ4v) is 1.60. The van der Waals surface area contributed by atoms with Gasteiger partial charge in [0, 0.05) is 22.5 Å². The van der Waals surface area contributed by atoms with Gasteiger partial charge in [-0.15, -0.1) is 0 Å². The van der Waals surface area contributed by atoms with Gasteiger partial charge in [0.25, 0.3) is 0 Å². The fourth-order valence-electron chi connectivity index (χ4n) is 1.22. The first-order valence-corrected chi connectivity index (χ1v) is 5.00. The summed E-state index contributed by atoms with van der Waals surface area (Å²) in [7, 11) is 0. The van der Waals surface area contributed by atoms with Crippen LogP contribution in [0.5, 0.6) is 0 Å². The zero-order chi connectivity index (χ0) is 10.7. The summed E-state index contributed by atoms with van der Waals surface area (Å²) in [6.45, 7) is 1.44. The summed E-state index contributed by atoms with van der Waals surface area (Å²) in [6, 6.07) is 3.96. The number of halogens is 2. The minimum absolute atomic E-state index is 0.0446. The lowest BCUT2D eigenvalue weighted by Gasteiger charge is -2.11. The number of carbonyl (C=O) groups is 1. The number of carbonyl (C=O) groups excluding carboxylic acids is 1. The summed E-state index contributed by atoms with van der Waals surface area (Å²) in [5.41, 5.74) is 6.05. The molecule has 2 N–H and O–H groups in total. The molecular formula is C10H11BrFNO. The molecule has 1 rings (SSSR count). The zero-order valence-corrected chi connectivity index (χ0v) is 9.34. The molecule has 1 aromatic carbocycles. The Labute approximate surface area is 90.4 Å². The maximum Gasteiger partial charge on any atom is 0.131 e. The normalized spacial score (nSPS) is 12.6. The van der Waals surface area contributed by atoms with E-state index in [0.29, 0.717) is 5.56 Å². The number of Topliss-reactive ketones (excluding diaryl/α,β-unsaturated/α-hetero) is 1. The number of ketones is 1. The smallest absolute Gasteiger partial charge is 0.131 e. The molecule has 14 heavy (non-hydrogen) atoms. The van der Waals surface area contributed by atoms with Crippen molar-refractivity contribution in [3.63, 3.8) is 0 Å². The van der Waals surface area contributed by atoms with Crippen LogP contribution in [0.1, 0.15) is 24.9 Å². The van der Waals surface area contributed by atoms with E-state index in [1.165, 1.54) is 13.0 Å². The predicted molar refractivity (Wildman–Crippen MR) is 56.3 cm³/mol. The molecule has 0 aromatic heterocycles. The van der Waals surface area contributed by atoms with Gasteiger partial charge in [-0.3, -0.25) is 4.79 Å². The molecule has 76 valence electrons. The van der Waals surface area contributed by atoms with Gasteiger partial charge in [0.15, 0.2) is 0 Å². The molecule has 0 saturated heterocycles. The first-order valence-electron chi connectivity index (χ1n) is 4.20. The highest BCUT2D eigenvalue weighted by Crippen LogP contribution is 2.22. The zero-order valence-electron chi connectivity index (χ0n) is 7.76. The van der Waals surface area contributed by atoms with E-state index in [1.807, 2.05) is 0 Å². The third-order valence-electron chi connectivity index (χ3n) is 1.86. The van der Waals surface area contributed by atoms with Gasteiger partial charge < -0.3 is 5.73 Å². The first kappa shape index (κ1) is 11.3. The van der Waals surface area contributed by atoms with Gasteiger partial charge in [-0.2, -0.15) is 0 Å². The van der Waals surface area contributed by atoms with E-state index < -0.39 is 6.04 Å². The molecule has 2 nitrogen and oxygen atoms in total. The lowest BCUT2D eigenvalue weighted by molar-refractivity contribution is -0.117. The summed E-state index contributed by atoms with van der Waals surface area (Å²) >= 11 is 3.22. The van der Waals surface area contributed by atoms with Crippen LogP contribution in [0.15, 0.2) is 22.7 Å². The number of hydrogen-bond donors (Lipinski definition) is 1. The third-order valence-corrected chi connectivity index (χ3v) is 2.36. The standard InChI is InChI=1S/C10H11BrFNO/c1-6(14)4-10(13)8-5-7(11)2-3-9(8)12/h2-3,5,10H,4,13H2,1H3. The molecule has 0 fully saturated rings. The van der Waals surface area contributed by atoms with Crippen molar-refractivity contribution >= 4 is 21.7 Å². The molecule has 0 amide bonds. The van der Waals surface area contributed by atoms with Gasteiger partial charge in [0.2, 0.25) is 0 Å². The molecule has 0 saturated carbocycles. The second-order valence-electron chi connectivity index (χ2n) is 3.18. The van der Waals surface area contributed by atoms with Crippen molar-refractivity contribution in [2.24, 2.45) is 5.73 Å². The van der Waals surface area contributed by atoms with E-state index in [2.05, 4.69) is 15.9 Å². The van der Waals surface area contributed by atoms with E-state index in [9.17, 15) is 9.18 Å². The van der Waals surface area contributed by atoms with Crippen LogP contribution in [0.2, 0.25) is 0 Å². The monoisotopic (exact) mass is 259 g/mol. The lowest BCUT2D eigenvalue weighted by atomic mass is 10.0. The molecule has 4 heteroatoms. The summed E-state index contributed by atoms with van der Waals surface area (Å²) in [4.78, 5) is 10.8. The van der Waals surface area contributed by atoms with Gasteiger partial charge in [-0.25, -0.2) is 4.39 Å². The maximum absolute atomic E-state index is 13.3. The molecule has 1 atom stereocenters. The molecule has 1 unspecified atom stereocenters. The highest BCUT2D eigenvalue weighted by molar-refractivity contribution is 9.10. The second kappa shape index (κ2) is 4.66. The van der Waals surface area contributed by atoms with Crippen LogP contribution in [0, 0.1) is 5.82 Å². The van der Waals surface area contributed by atoms with Crippen LogP contribution < -0.4 is 5.73 Å². The minimum Gasteiger partial charge on any atom is -0.323 e. The number of nitrogens with two attached hydrogens (primary N) is 1. The molecule has 0 spiro atoms.